The van der Waals surface area contributed by atoms with Gasteiger partial charge in [-0.15, -0.1) is 11.8 Å². The predicted octanol–water partition coefficient (Wildman–Crippen LogP) is 3.36. The lowest BCUT2D eigenvalue weighted by Crippen LogP contribution is -2.62. The third-order valence-electron chi connectivity index (χ3n) is 6.33. The standard InChI is InChI=1S/C24H19F4N3O4S/c25-16-7-3-6-15-19(14-5-2-1-4-13(14)11-36-22(15)16)31-12-29(18(10-32)24(26,27)28)23(35)20-21(34)17(33)8-9-30(20)31/h1-9,18-19,32,34H,10-12H2/t18-,19?/m1/s1. The molecule has 36 heavy (non-hydrogen) atoms. The highest BCUT2D eigenvalue weighted by Gasteiger charge is 2.49. The van der Waals surface area contributed by atoms with E-state index in [0.29, 0.717) is 26.7 Å². The smallest absolute Gasteiger partial charge is 0.411 e. The molecule has 12 heteroatoms. The molecule has 2 atom stereocenters. The number of benzene rings is 2. The molecular formula is C24H19F4N3O4S. The number of amides is 1. The van der Waals surface area contributed by atoms with E-state index in [0.717, 1.165) is 16.3 Å². The molecule has 0 saturated heterocycles. The van der Waals surface area contributed by atoms with Gasteiger partial charge >= 0.3 is 6.18 Å². The van der Waals surface area contributed by atoms with Crippen LogP contribution >= 0.6 is 11.8 Å². The van der Waals surface area contributed by atoms with Crippen molar-refractivity contribution >= 4 is 17.7 Å². The fourth-order valence-corrected chi connectivity index (χ4v) is 5.76. The molecule has 2 aliphatic heterocycles. The number of thioether (sulfide) groups is 1. The van der Waals surface area contributed by atoms with E-state index < -0.39 is 60.1 Å². The number of nitrogens with zero attached hydrogens (tertiary/aromatic N) is 3. The van der Waals surface area contributed by atoms with Gasteiger partial charge in [-0.3, -0.25) is 19.3 Å². The molecule has 0 radical (unpaired) electrons. The summed E-state index contributed by atoms with van der Waals surface area (Å²) in [6, 6.07) is 9.02. The van der Waals surface area contributed by atoms with Crippen LogP contribution in [0, 0.1) is 5.82 Å². The van der Waals surface area contributed by atoms with Crippen LogP contribution in [0.2, 0.25) is 0 Å². The van der Waals surface area contributed by atoms with Crippen molar-refractivity contribution < 1.29 is 32.6 Å². The van der Waals surface area contributed by atoms with Crippen LogP contribution in [0.15, 0.2) is 64.4 Å². The molecule has 0 fully saturated rings. The van der Waals surface area contributed by atoms with Crippen LogP contribution in [-0.4, -0.2) is 51.2 Å². The van der Waals surface area contributed by atoms with Gasteiger partial charge in [0.1, 0.15) is 12.5 Å². The molecule has 188 valence electrons. The van der Waals surface area contributed by atoms with Gasteiger partial charge in [0.25, 0.3) is 5.91 Å². The van der Waals surface area contributed by atoms with Crippen LogP contribution in [0.5, 0.6) is 5.75 Å². The van der Waals surface area contributed by atoms with Crippen LogP contribution in [0.1, 0.15) is 33.2 Å². The van der Waals surface area contributed by atoms with E-state index in [1.807, 2.05) is 6.07 Å². The van der Waals surface area contributed by atoms with Gasteiger partial charge in [0.2, 0.25) is 5.43 Å². The Hall–Kier alpha value is -3.51. The summed E-state index contributed by atoms with van der Waals surface area (Å²) in [5.41, 5.74) is 0.264. The Labute approximate surface area is 206 Å². The zero-order valence-corrected chi connectivity index (χ0v) is 19.3. The number of fused-ring (bicyclic) bond motifs is 3. The number of carbonyl (C=O) groups is 1. The first-order valence-corrected chi connectivity index (χ1v) is 11.8. The number of halogens is 4. The first-order valence-electron chi connectivity index (χ1n) is 10.8. The van der Waals surface area contributed by atoms with Gasteiger partial charge in [0, 0.05) is 22.9 Å². The van der Waals surface area contributed by atoms with Crippen molar-refractivity contribution in [2.24, 2.45) is 0 Å². The molecule has 7 nitrogen and oxygen atoms in total. The topological polar surface area (TPSA) is 86.0 Å². The predicted molar refractivity (Wildman–Crippen MR) is 123 cm³/mol. The highest BCUT2D eigenvalue weighted by atomic mass is 32.2. The minimum Gasteiger partial charge on any atom is -0.502 e. The van der Waals surface area contributed by atoms with Gasteiger partial charge in [-0.25, -0.2) is 4.39 Å². The summed E-state index contributed by atoms with van der Waals surface area (Å²) >= 11 is 1.24. The maximum absolute atomic E-state index is 14.9. The van der Waals surface area contributed by atoms with E-state index in [-0.39, 0.29) is 0 Å². The number of alkyl halides is 3. The highest BCUT2D eigenvalue weighted by Crippen LogP contribution is 2.44. The van der Waals surface area contributed by atoms with Crippen LogP contribution in [0.4, 0.5) is 17.6 Å². The van der Waals surface area contributed by atoms with E-state index in [1.165, 1.54) is 35.1 Å². The summed E-state index contributed by atoms with van der Waals surface area (Å²) in [5.74, 6) is -2.41. The summed E-state index contributed by atoms with van der Waals surface area (Å²) < 4.78 is 57.6. The van der Waals surface area contributed by atoms with Gasteiger partial charge in [0.15, 0.2) is 17.5 Å². The first-order chi connectivity index (χ1) is 17.1. The largest absolute Gasteiger partial charge is 0.502 e. The molecule has 0 aliphatic carbocycles. The monoisotopic (exact) mass is 521 g/mol. The Morgan fingerprint density at radius 1 is 1.06 bits per heavy atom. The minimum absolute atomic E-state index is 0.295. The maximum atomic E-state index is 14.9. The molecule has 5 rings (SSSR count). The maximum Gasteiger partial charge on any atom is 0.411 e. The average molecular weight is 521 g/mol. The minimum atomic E-state index is -5.00. The lowest BCUT2D eigenvalue weighted by atomic mass is 9.94. The molecule has 2 aromatic carbocycles. The van der Waals surface area contributed by atoms with Crippen molar-refractivity contribution in [1.82, 2.24) is 9.58 Å². The van der Waals surface area contributed by atoms with Crippen molar-refractivity contribution in [2.45, 2.75) is 28.9 Å². The quantitative estimate of drug-likeness (QED) is 0.515. The Morgan fingerprint density at radius 2 is 1.78 bits per heavy atom. The molecule has 1 unspecified atom stereocenters. The number of rotatable bonds is 3. The lowest BCUT2D eigenvalue weighted by Gasteiger charge is -2.46. The van der Waals surface area contributed by atoms with Gasteiger partial charge in [0.05, 0.1) is 12.6 Å². The molecule has 0 spiro atoms. The van der Waals surface area contributed by atoms with Gasteiger partial charge < -0.3 is 15.1 Å². The fourth-order valence-electron chi connectivity index (χ4n) is 4.64. The van der Waals surface area contributed by atoms with Gasteiger partial charge in [-0.05, 0) is 22.8 Å². The van der Waals surface area contributed by atoms with Gasteiger partial charge in [-0.1, -0.05) is 36.4 Å². The zero-order valence-electron chi connectivity index (χ0n) is 18.4. The van der Waals surface area contributed by atoms with Gasteiger partial charge in [-0.2, -0.15) is 13.2 Å². The van der Waals surface area contributed by atoms with E-state index in [1.54, 1.807) is 24.3 Å². The summed E-state index contributed by atoms with van der Waals surface area (Å²) in [7, 11) is 0. The lowest BCUT2D eigenvalue weighted by molar-refractivity contribution is -0.186. The van der Waals surface area contributed by atoms with Crippen molar-refractivity contribution in [2.75, 3.05) is 18.3 Å². The Bertz CT molecular complexity index is 1410. The van der Waals surface area contributed by atoms with Crippen molar-refractivity contribution in [3.05, 3.63) is 93.2 Å². The Morgan fingerprint density at radius 3 is 2.50 bits per heavy atom. The molecule has 3 aromatic rings. The number of aliphatic hydroxyl groups excluding tert-OH is 1. The van der Waals surface area contributed by atoms with E-state index >= 15 is 0 Å². The molecule has 2 N–H and O–H groups in total. The molecule has 0 saturated carbocycles. The molecule has 1 aromatic heterocycles. The second kappa shape index (κ2) is 8.86. The molecular weight excluding hydrogens is 502 g/mol. The van der Waals surface area contributed by atoms with Crippen LogP contribution in [0.25, 0.3) is 0 Å². The number of hydrogen-bond acceptors (Lipinski definition) is 6. The third-order valence-corrected chi connectivity index (χ3v) is 7.50. The van der Waals surface area contributed by atoms with Crippen LogP contribution < -0.4 is 10.4 Å². The number of aromatic nitrogens is 1. The SMILES string of the molecule is O=C1c2c(O)c(=O)ccn2N(C2c3ccccc3CSc3c(F)cccc32)CN1[C@H](CO)C(F)(F)F. The van der Waals surface area contributed by atoms with Crippen molar-refractivity contribution in [1.29, 1.82) is 0 Å². The summed E-state index contributed by atoms with van der Waals surface area (Å²) in [6.45, 7) is -2.10. The first kappa shape index (κ1) is 24.2. The second-order valence-electron chi connectivity index (χ2n) is 8.37. The molecule has 1 amide bonds. The number of hydrogen-bond donors (Lipinski definition) is 2. The van der Waals surface area contributed by atoms with E-state index in [2.05, 4.69) is 0 Å². The number of pyridine rings is 1. The molecule has 0 bridgehead atoms. The van der Waals surface area contributed by atoms with E-state index in [4.69, 9.17) is 0 Å². The van der Waals surface area contributed by atoms with E-state index in [9.17, 15) is 37.4 Å². The zero-order chi connectivity index (χ0) is 25.8. The number of carbonyl (C=O) groups excluding carboxylic acids is 1. The third kappa shape index (κ3) is 3.80. The van der Waals surface area contributed by atoms with Crippen molar-refractivity contribution in [3.63, 3.8) is 0 Å². The fraction of sp³-hybridized carbons (Fsp3) is 0.250. The Kier molecular flexibility index (Phi) is 5.95. The normalized spacial score (nSPS) is 18.2. The Balaban J connectivity index is 1.79. The second-order valence-corrected chi connectivity index (χ2v) is 9.35. The van der Waals surface area contributed by atoms with Crippen LogP contribution in [0.3, 0.4) is 0 Å². The molecule has 3 heterocycles. The number of aliphatic hydroxyl groups is 1. The van der Waals surface area contributed by atoms with Crippen LogP contribution in [-0.2, 0) is 5.75 Å². The summed E-state index contributed by atoms with van der Waals surface area (Å²) in [6.07, 6.45) is -3.81. The van der Waals surface area contributed by atoms with Crippen molar-refractivity contribution in [3.8, 4) is 5.75 Å². The summed E-state index contributed by atoms with van der Waals surface area (Å²) in [4.78, 5) is 26.0. The molecule has 2 aliphatic rings. The number of aromatic hydroxyl groups is 1. The summed E-state index contributed by atoms with van der Waals surface area (Å²) in [5, 5.41) is 21.4. The highest BCUT2D eigenvalue weighted by molar-refractivity contribution is 7.98. The average Bonchev–Trinajstić information content (AvgIpc) is 3.00.